The number of rotatable bonds is 2. The van der Waals surface area contributed by atoms with Gasteiger partial charge in [0, 0.05) is 10.4 Å². The lowest BCUT2D eigenvalue weighted by atomic mass is 9.95. The molecule has 0 bridgehead atoms. The van der Waals surface area contributed by atoms with Crippen molar-refractivity contribution < 1.29 is 5.11 Å². The molecule has 0 aliphatic heterocycles. The van der Waals surface area contributed by atoms with E-state index in [-0.39, 0.29) is 0 Å². The molecule has 0 heterocycles. The summed E-state index contributed by atoms with van der Waals surface area (Å²) < 4.78 is 0. The lowest BCUT2D eigenvalue weighted by Gasteiger charge is -2.14. The molecule has 0 aliphatic rings. The van der Waals surface area contributed by atoms with Crippen LogP contribution in [0.1, 0.15) is 11.7 Å². The third-order valence-electron chi connectivity index (χ3n) is 3.36. The zero-order valence-corrected chi connectivity index (χ0v) is 12.4. The maximum atomic E-state index is 10.2. The fourth-order valence-electron chi connectivity index (χ4n) is 2.47. The van der Waals surface area contributed by atoms with Crippen LogP contribution in [0.15, 0.2) is 48.5 Å². The smallest absolute Gasteiger partial charge is 0.0893 e. The summed E-state index contributed by atoms with van der Waals surface area (Å²) in [7, 11) is 0. The number of benzene rings is 3. The summed E-state index contributed by atoms with van der Waals surface area (Å²) in [6.45, 7) is 0. The van der Waals surface area contributed by atoms with Crippen LogP contribution in [0, 0.1) is 0 Å². The molecule has 3 heteroatoms. The van der Waals surface area contributed by atoms with Crippen molar-refractivity contribution in [2.75, 3.05) is 5.33 Å². The first-order valence-corrected chi connectivity index (χ1v) is 7.55. The van der Waals surface area contributed by atoms with E-state index in [1.165, 1.54) is 0 Å². The van der Waals surface area contributed by atoms with Gasteiger partial charge in [-0.15, -0.1) is 0 Å². The van der Waals surface area contributed by atoms with Crippen LogP contribution in [0.4, 0.5) is 0 Å². The van der Waals surface area contributed by atoms with E-state index in [0.29, 0.717) is 10.4 Å². The van der Waals surface area contributed by atoms with E-state index in [4.69, 9.17) is 11.6 Å². The van der Waals surface area contributed by atoms with E-state index in [0.717, 1.165) is 27.1 Å². The molecule has 1 N–H and O–H groups in total. The molecule has 0 aromatic heterocycles. The Morgan fingerprint density at radius 2 is 1.74 bits per heavy atom. The lowest BCUT2D eigenvalue weighted by Crippen LogP contribution is -1.99. The average Bonchev–Trinajstić information content (AvgIpc) is 2.45. The molecule has 0 fully saturated rings. The molecular formula is C16H12BrClO. The zero-order valence-electron chi connectivity index (χ0n) is 10.1. The summed E-state index contributed by atoms with van der Waals surface area (Å²) in [5.41, 5.74) is 0.933. The molecule has 1 nitrogen and oxygen atoms in total. The van der Waals surface area contributed by atoms with Crippen molar-refractivity contribution in [3.8, 4) is 0 Å². The number of hydrogen-bond acceptors (Lipinski definition) is 1. The highest BCUT2D eigenvalue weighted by molar-refractivity contribution is 9.09. The minimum Gasteiger partial charge on any atom is -0.388 e. The summed E-state index contributed by atoms with van der Waals surface area (Å²) in [5, 5.41) is 15.9. The van der Waals surface area contributed by atoms with Crippen molar-refractivity contribution in [2.45, 2.75) is 6.10 Å². The quantitative estimate of drug-likeness (QED) is 0.512. The number of aliphatic hydroxyl groups excluding tert-OH is 1. The second-order valence-electron chi connectivity index (χ2n) is 4.55. The number of aliphatic hydroxyl groups is 1. The number of alkyl halides is 1. The van der Waals surface area contributed by atoms with Crippen LogP contribution in [0.5, 0.6) is 0 Å². The lowest BCUT2D eigenvalue weighted by molar-refractivity contribution is 0.207. The zero-order chi connectivity index (χ0) is 13.4. The van der Waals surface area contributed by atoms with Gasteiger partial charge in [-0.3, -0.25) is 0 Å². The highest BCUT2D eigenvalue weighted by Crippen LogP contribution is 2.33. The molecule has 0 unspecified atom stereocenters. The Balaban J connectivity index is 2.46. The van der Waals surface area contributed by atoms with Crippen LogP contribution in [0.25, 0.3) is 21.5 Å². The normalized spacial score (nSPS) is 13.0. The van der Waals surface area contributed by atoms with Gasteiger partial charge in [-0.2, -0.15) is 0 Å². The summed E-state index contributed by atoms with van der Waals surface area (Å²) >= 11 is 9.40. The molecule has 0 radical (unpaired) electrons. The van der Waals surface area contributed by atoms with Gasteiger partial charge < -0.3 is 5.11 Å². The van der Waals surface area contributed by atoms with Crippen molar-refractivity contribution in [2.24, 2.45) is 0 Å². The van der Waals surface area contributed by atoms with Gasteiger partial charge in [0.15, 0.2) is 0 Å². The Bertz CT molecular complexity index is 754. The molecule has 0 amide bonds. The second-order valence-corrected chi connectivity index (χ2v) is 5.63. The molecule has 0 saturated heterocycles. The first-order valence-electron chi connectivity index (χ1n) is 6.05. The molecule has 19 heavy (non-hydrogen) atoms. The minimum absolute atomic E-state index is 0.517. The Labute approximate surface area is 124 Å². The Morgan fingerprint density at radius 1 is 1.00 bits per heavy atom. The third kappa shape index (κ3) is 2.25. The Morgan fingerprint density at radius 3 is 2.47 bits per heavy atom. The second kappa shape index (κ2) is 5.12. The van der Waals surface area contributed by atoms with Gasteiger partial charge in [-0.1, -0.05) is 57.9 Å². The number of hydrogen-bond donors (Lipinski definition) is 1. The standard InChI is InChI=1S/C16H12BrClO/c17-9-16(19)15-8-10-7-11(18)5-6-12(10)13-3-1-2-4-14(13)15/h1-8,16,19H,9H2/t16-/m0/s1. The molecule has 96 valence electrons. The summed E-state index contributed by atoms with van der Waals surface area (Å²) in [6, 6.07) is 16.0. The van der Waals surface area contributed by atoms with Gasteiger partial charge in [0.1, 0.15) is 0 Å². The van der Waals surface area contributed by atoms with Crippen molar-refractivity contribution >= 4 is 49.1 Å². The average molecular weight is 336 g/mol. The van der Waals surface area contributed by atoms with Crippen LogP contribution in [0.2, 0.25) is 5.02 Å². The fourth-order valence-corrected chi connectivity index (χ4v) is 3.00. The summed E-state index contributed by atoms with van der Waals surface area (Å²) in [4.78, 5) is 0. The van der Waals surface area contributed by atoms with Crippen LogP contribution in [-0.4, -0.2) is 10.4 Å². The van der Waals surface area contributed by atoms with Crippen molar-refractivity contribution in [1.29, 1.82) is 0 Å². The molecule has 0 saturated carbocycles. The predicted molar refractivity (Wildman–Crippen MR) is 85.2 cm³/mol. The van der Waals surface area contributed by atoms with Crippen molar-refractivity contribution in [3.63, 3.8) is 0 Å². The van der Waals surface area contributed by atoms with Gasteiger partial charge in [0.2, 0.25) is 0 Å². The van der Waals surface area contributed by atoms with Gasteiger partial charge in [0.25, 0.3) is 0 Å². The largest absolute Gasteiger partial charge is 0.388 e. The summed E-state index contributed by atoms with van der Waals surface area (Å²) in [6.07, 6.45) is -0.520. The van der Waals surface area contributed by atoms with Gasteiger partial charge in [-0.05, 0) is 45.3 Å². The van der Waals surface area contributed by atoms with Gasteiger partial charge in [-0.25, -0.2) is 0 Å². The van der Waals surface area contributed by atoms with E-state index < -0.39 is 6.10 Å². The maximum absolute atomic E-state index is 10.2. The highest BCUT2D eigenvalue weighted by atomic mass is 79.9. The predicted octanol–water partition coefficient (Wildman–Crippen LogP) is 5.07. The molecule has 3 rings (SSSR count). The van der Waals surface area contributed by atoms with E-state index in [2.05, 4.69) is 22.0 Å². The molecule has 3 aromatic carbocycles. The molecule has 3 aromatic rings. The van der Waals surface area contributed by atoms with Crippen molar-refractivity contribution in [3.05, 3.63) is 59.1 Å². The summed E-state index contributed by atoms with van der Waals surface area (Å²) in [5.74, 6) is 0. The van der Waals surface area contributed by atoms with E-state index in [1.54, 1.807) is 0 Å². The fraction of sp³-hybridized carbons (Fsp3) is 0.125. The SMILES string of the molecule is O[C@@H](CBr)c1cc2cc(Cl)ccc2c2ccccc12. The Hall–Kier alpha value is -1.09. The van der Waals surface area contributed by atoms with Crippen LogP contribution in [0.3, 0.4) is 0 Å². The minimum atomic E-state index is -0.520. The third-order valence-corrected chi connectivity index (χ3v) is 4.21. The number of fused-ring (bicyclic) bond motifs is 3. The molecule has 0 spiro atoms. The molecule has 0 aliphatic carbocycles. The van der Waals surface area contributed by atoms with Crippen molar-refractivity contribution in [1.82, 2.24) is 0 Å². The first kappa shape index (κ1) is 12.9. The molecule has 1 atom stereocenters. The Kier molecular flexibility index (Phi) is 3.48. The van der Waals surface area contributed by atoms with Crippen LogP contribution >= 0.6 is 27.5 Å². The van der Waals surface area contributed by atoms with E-state index in [1.807, 2.05) is 42.5 Å². The maximum Gasteiger partial charge on any atom is 0.0893 e. The highest BCUT2D eigenvalue weighted by Gasteiger charge is 2.12. The molecular weight excluding hydrogens is 324 g/mol. The van der Waals surface area contributed by atoms with Gasteiger partial charge >= 0.3 is 0 Å². The van der Waals surface area contributed by atoms with Crippen LogP contribution in [-0.2, 0) is 0 Å². The number of halogens is 2. The van der Waals surface area contributed by atoms with Crippen LogP contribution < -0.4 is 0 Å². The van der Waals surface area contributed by atoms with Gasteiger partial charge in [0.05, 0.1) is 6.10 Å². The first-order chi connectivity index (χ1) is 9.20. The monoisotopic (exact) mass is 334 g/mol. The van der Waals surface area contributed by atoms with E-state index >= 15 is 0 Å². The van der Waals surface area contributed by atoms with E-state index in [9.17, 15) is 5.11 Å². The topological polar surface area (TPSA) is 20.2 Å².